The minimum absolute atomic E-state index is 0.0447. The Labute approximate surface area is 74.2 Å². The summed E-state index contributed by atoms with van der Waals surface area (Å²) in [4.78, 5) is 11.6. The van der Waals surface area contributed by atoms with E-state index in [9.17, 15) is 4.79 Å². The summed E-state index contributed by atoms with van der Waals surface area (Å²) < 4.78 is 1.58. The third-order valence-electron chi connectivity index (χ3n) is 1.95. The van der Waals surface area contributed by atoms with Gasteiger partial charge in [-0.25, -0.2) is 0 Å². The van der Waals surface area contributed by atoms with Gasteiger partial charge in [0.25, 0.3) is 5.56 Å². The van der Waals surface area contributed by atoms with Gasteiger partial charge in [0.15, 0.2) is 0 Å². The van der Waals surface area contributed by atoms with E-state index in [4.69, 9.17) is 5.73 Å². The van der Waals surface area contributed by atoms with E-state index in [0.717, 1.165) is 5.52 Å². The summed E-state index contributed by atoms with van der Waals surface area (Å²) in [5, 5.41) is 7.14. The number of nitrogens with two attached hydrogens (primary N) is 1. The maximum absolute atomic E-state index is 11.6. The predicted octanol–water partition coefficient (Wildman–Crippen LogP) is -0.317. The van der Waals surface area contributed by atoms with Gasteiger partial charge in [0, 0.05) is 19.3 Å². The molecule has 0 atom stereocenters. The highest BCUT2D eigenvalue weighted by Gasteiger charge is 2.02. The maximum Gasteiger partial charge on any atom is 0.261 e. The SMILES string of the molecule is NCCn1ccc2[nH]ncc2c1=O. The van der Waals surface area contributed by atoms with Crippen molar-refractivity contribution in [1.82, 2.24) is 14.8 Å². The molecule has 3 N–H and O–H groups in total. The van der Waals surface area contributed by atoms with Crippen LogP contribution in [0.1, 0.15) is 0 Å². The Balaban J connectivity index is 2.67. The van der Waals surface area contributed by atoms with Crippen LogP contribution in [0.4, 0.5) is 0 Å². The van der Waals surface area contributed by atoms with E-state index < -0.39 is 0 Å². The molecule has 2 aromatic heterocycles. The molecule has 0 fully saturated rings. The number of rotatable bonds is 2. The first kappa shape index (κ1) is 8.00. The van der Waals surface area contributed by atoms with Gasteiger partial charge >= 0.3 is 0 Å². The summed E-state index contributed by atoms with van der Waals surface area (Å²) in [6, 6.07) is 1.82. The number of H-pyrrole nitrogens is 1. The van der Waals surface area contributed by atoms with E-state index in [1.807, 2.05) is 6.07 Å². The van der Waals surface area contributed by atoms with Gasteiger partial charge in [-0.15, -0.1) is 0 Å². The topological polar surface area (TPSA) is 76.7 Å². The van der Waals surface area contributed by atoms with Crippen molar-refractivity contribution in [2.45, 2.75) is 6.54 Å². The Kier molecular flexibility index (Phi) is 1.86. The van der Waals surface area contributed by atoms with Gasteiger partial charge in [-0.2, -0.15) is 5.10 Å². The standard InChI is InChI=1S/C8H10N4O/c9-2-4-12-3-1-7-6(8(12)13)5-10-11-7/h1,3,5H,2,4,9H2,(H,10,11). The molecule has 5 heteroatoms. The normalized spacial score (nSPS) is 10.8. The molecule has 0 saturated carbocycles. The Hall–Kier alpha value is -1.62. The lowest BCUT2D eigenvalue weighted by atomic mass is 10.3. The monoisotopic (exact) mass is 178 g/mol. The van der Waals surface area contributed by atoms with E-state index in [2.05, 4.69) is 10.2 Å². The summed E-state index contributed by atoms with van der Waals surface area (Å²) in [6.07, 6.45) is 3.25. The fourth-order valence-corrected chi connectivity index (χ4v) is 1.30. The fourth-order valence-electron chi connectivity index (χ4n) is 1.30. The van der Waals surface area contributed by atoms with E-state index in [1.54, 1.807) is 10.8 Å². The van der Waals surface area contributed by atoms with Crippen LogP contribution in [0, 0.1) is 0 Å². The number of hydrogen-bond acceptors (Lipinski definition) is 3. The molecule has 68 valence electrons. The molecule has 0 aromatic carbocycles. The highest BCUT2D eigenvalue weighted by atomic mass is 16.1. The van der Waals surface area contributed by atoms with Crippen LogP contribution in [0.3, 0.4) is 0 Å². The average molecular weight is 178 g/mol. The summed E-state index contributed by atoms with van der Waals surface area (Å²) in [5.41, 5.74) is 6.08. The molecule has 0 aliphatic carbocycles. The molecule has 2 aromatic rings. The first-order valence-corrected chi connectivity index (χ1v) is 4.05. The van der Waals surface area contributed by atoms with Gasteiger partial charge in [0.1, 0.15) is 0 Å². The van der Waals surface area contributed by atoms with Crippen LogP contribution in [0.25, 0.3) is 10.9 Å². The van der Waals surface area contributed by atoms with Crippen molar-refractivity contribution in [3.05, 3.63) is 28.8 Å². The van der Waals surface area contributed by atoms with Crippen molar-refractivity contribution in [3.8, 4) is 0 Å². The molecule has 0 radical (unpaired) electrons. The van der Waals surface area contributed by atoms with E-state index in [-0.39, 0.29) is 5.56 Å². The maximum atomic E-state index is 11.6. The first-order valence-electron chi connectivity index (χ1n) is 4.05. The lowest BCUT2D eigenvalue weighted by Crippen LogP contribution is -2.22. The number of nitrogens with zero attached hydrogens (tertiary/aromatic N) is 2. The smallest absolute Gasteiger partial charge is 0.261 e. The van der Waals surface area contributed by atoms with Gasteiger partial charge in [-0.3, -0.25) is 9.89 Å². The second kappa shape index (κ2) is 3.02. The molecule has 0 aliphatic rings. The Morgan fingerprint density at radius 1 is 1.62 bits per heavy atom. The van der Waals surface area contributed by atoms with Crippen LogP contribution in [-0.4, -0.2) is 21.3 Å². The molecule has 2 heterocycles. The van der Waals surface area contributed by atoms with Crippen molar-refractivity contribution >= 4 is 10.9 Å². The van der Waals surface area contributed by atoms with Crippen LogP contribution in [0.15, 0.2) is 23.3 Å². The van der Waals surface area contributed by atoms with Crippen molar-refractivity contribution in [3.63, 3.8) is 0 Å². The zero-order valence-electron chi connectivity index (χ0n) is 7.03. The van der Waals surface area contributed by atoms with Crippen molar-refractivity contribution in [1.29, 1.82) is 0 Å². The highest BCUT2D eigenvalue weighted by Crippen LogP contribution is 2.02. The lowest BCUT2D eigenvalue weighted by molar-refractivity contribution is 0.687. The summed E-state index contributed by atoms with van der Waals surface area (Å²) in [7, 11) is 0. The van der Waals surface area contributed by atoms with Gasteiger partial charge in [-0.05, 0) is 6.07 Å². The minimum Gasteiger partial charge on any atom is -0.329 e. The predicted molar refractivity (Wildman–Crippen MR) is 49.4 cm³/mol. The zero-order chi connectivity index (χ0) is 9.26. The summed E-state index contributed by atoms with van der Waals surface area (Å²) >= 11 is 0. The molecule has 0 unspecified atom stereocenters. The molecule has 2 rings (SSSR count). The quantitative estimate of drug-likeness (QED) is 0.661. The number of pyridine rings is 1. The number of fused-ring (bicyclic) bond motifs is 1. The minimum atomic E-state index is -0.0447. The molecule has 0 amide bonds. The van der Waals surface area contributed by atoms with Crippen LogP contribution >= 0.6 is 0 Å². The number of hydrogen-bond donors (Lipinski definition) is 2. The van der Waals surface area contributed by atoms with E-state index >= 15 is 0 Å². The third kappa shape index (κ3) is 1.23. The second-order valence-electron chi connectivity index (χ2n) is 2.80. The Morgan fingerprint density at radius 2 is 2.46 bits per heavy atom. The molecule has 0 aliphatic heterocycles. The molecule has 13 heavy (non-hydrogen) atoms. The van der Waals surface area contributed by atoms with Gasteiger partial charge in [0.2, 0.25) is 0 Å². The number of nitrogens with one attached hydrogen (secondary N) is 1. The van der Waals surface area contributed by atoms with Crippen LogP contribution in [-0.2, 0) is 6.54 Å². The Morgan fingerprint density at radius 3 is 3.23 bits per heavy atom. The molecule has 0 bridgehead atoms. The van der Waals surface area contributed by atoms with Gasteiger partial charge < -0.3 is 10.3 Å². The lowest BCUT2D eigenvalue weighted by Gasteiger charge is -2.01. The van der Waals surface area contributed by atoms with Gasteiger partial charge in [-0.1, -0.05) is 0 Å². The molecule has 5 nitrogen and oxygen atoms in total. The van der Waals surface area contributed by atoms with Crippen LogP contribution < -0.4 is 11.3 Å². The van der Waals surface area contributed by atoms with Crippen molar-refractivity contribution < 1.29 is 0 Å². The van der Waals surface area contributed by atoms with E-state index in [1.165, 1.54) is 6.20 Å². The molecular formula is C8H10N4O. The first-order chi connectivity index (χ1) is 6.33. The summed E-state index contributed by atoms with van der Waals surface area (Å²) in [5.74, 6) is 0. The average Bonchev–Trinajstić information content (AvgIpc) is 2.58. The van der Waals surface area contributed by atoms with Gasteiger partial charge in [0.05, 0.1) is 17.1 Å². The fraction of sp³-hybridized carbons (Fsp3) is 0.250. The molecular weight excluding hydrogens is 168 g/mol. The van der Waals surface area contributed by atoms with Crippen LogP contribution in [0.2, 0.25) is 0 Å². The largest absolute Gasteiger partial charge is 0.329 e. The third-order valence-corrected chi connectivity index (χ3v) is 1.95. The summed E-state index contributed by atoms with van der Waals surface area (Å²) in [6.45, 7) is 1.00. The molecule has 0 saturated heterocycles. The number of aromatic amines is 1. The van der Waals surface area contributed by atoms with Crippen molar-refractivity contribution in [2.24, 2.45) is 5.73 Å². The second-order valence-corrected chi connectivity index (χ2v) is 2.80. The van der Waals surface area contributed by atoms with E-state index in [0.29, 0.717) is 18.5 Å². The van der Waals surface area contributed by atoms with Crippen LogP contribution in [0.5, 0.6) is 0 Å². The Bertz CT molecular complexity index is 470. The molecule has 0 spiro atoms. The number of aromatic nitrogens is 3. The van der Waals surface area contributed by atoms with Crippen molar-refractivity contribution in [2.75, 3.05) is 6.54 Å². The highest BCUT2D eigenvalue weighted by molar-refractivity contribution is 5.76. The zero-order valence-corrected chi connectivity index (χ0v) is 7.03.